The smallest absolute Gasteiger partial charge is 0.309 e. The first-order valence-electron chi connectivity index (χ1n) is 10.0. The Morgan fingerprint density at radius 1 is 1.15 bits per heavy atom. The highest BCUT2D eigenvalue weighted by Gasteiger charge is 2.37. The summed E-state index contributed by atoms with van der Waals surface area (Å²) >= 11 is 6.89. The topological polar surface area (TPSA) is 112 Å². The number of hydrogen-bond acceptors (Lipinski definition) is 8. The van der Waals surface area contributed by atoms with E-state index >= 15 is 0 Å². The van der Waals surface area contributed by atoms with Crippen LogP contribution in [0.25, 0.3) is 0 Å². The molecule has 2 aromatic carbocycles. The quantitative estimate of drug-likeness (QED) is 0.430. The Bertz CT molecular complexity index is 1320. The van der Waals surface area contributed by atoms with Gasteiger partial charge in [0.25, 0.3) is 11.8 Å². The molecule has 34 heavy (non-hydrogen) atoms. The van der Waals surface area contributed by atoms with E-state index in [-0.39, 0.29) is 31.2 Å². The van der Waals surface area contributed by atoms with Gasteiger partial charge in [0.05, 0.1) is 10.1 Å². The summed E-state index contributed by atoms with van der Waals surface area (Å²) in [5.74, 6) is -1.67. The average molecular weight is 525 g/mol. The fourth-order valence-corrected chi connectivity index (χ4v) is 5.62. The number of benzene rings is 2. The third kappa shape index (κ3) is 5.54. The zero-order chi connectivity index (χ0) is 24.5. The van der Waals surface area contributed by atoms with Crippen molar-refractivity contribution in [3.8, 4) is 11.6 Å². The standard InChI is InChI=1S/C22H18ClFN2O6S2/c1-12(27)31-21-19(23)33-22(26-21)25-20(28)18(32-15-6-4-14(24)5-7-15)13-2-8-16(9-3-13)34(29,30)17-10-11-17/h2-9,17-18H,10-11H2,1H3,(H,25,26,28). The van der Waals surface area contributed by atoms with Crippen molar-refractivity contribution in [1.29, 1.82) is 0 Å². The van der Waals surface area contributed by atoms with Crippen molar-refractivity contribution in [3.63, 3.8) is 0 Å². The predicted molar refractivity (Wildman–Crippen MR) is 123 cm³/mol. The summed E-state index contributed by atoms with van der Waals surface area (Å²) in [6.45, 7) is 1.19. The minimum atomic E-state index is -3.40. The minimum Gasteiger partial charge on any atom is -0.476 e. The molecule has 1 atom stereocenters. The van der Waals surface area contributed by atoms with Crippen LogP contribution < -0.4 is 14.8 Å². The Morgan fingerprint density at radius 3 is 2.38 bits per heavy atom. The molecule has 0 bridgehead atoms. The number of amides is 1. The molecule has 1 amide bonds. The molecule has 1 heterocycles. The molecule has 3 aromatic rings. The van der Waals surface area contributed by atoms with E-state index in [4.69, 9.17) is 21.1 Å². The van der Waals surface area contributed by atoms with Crippen molar-refractivity contribution >= 4 is 49.8 Å². The number of carbonyl (C=O) groups is 2. The maximum absolute atomic E-state index is 13.3. The van der Waals surface area contributed by atoms with Gasteiger partial charge in [-0.1, -0.05) is 35.1 Å². The number of aromatic nitrogens is 1. The number of thiazole rings is 1. The van der Waals surface area contributed by atoms with Crippen LogP contribution in [0.1, 0.15) is 31.4 Å². The first-order chi connectivity index (χ1) is 16.1. The molecular weight excluding hydrogens is 507 g/mol. The lowest BCUT2D eigenvalue weighted by Crippen LogP contribution is -2.25. The summed E-state index contributed by atoms with van der Waals surface area (Å²) < 4.78 is 49.0. The second kappa shape index (κ2) is 9.69. The summed E-state index contributed by atoms with van der Waals surface area (Å²) in [7, 11) is -3.40. The Labute approximate surface area is 203 Å². The monoisotopic (exact) mass is 524 g/mol. The molecule has 1 fully saturated rings. The van der Waals surface area contributed by atoms with E-state index in [2.05, 4.69) is 10.3 Å². The molecule has 4 rings (SSSR count). The lowest BCUT2D eigenvalue weighted by molar-refractivity contribution is -0.132. The molecule has 1 aliphatic rings. The number of halogens is 2. The highest BCUT2D eigenvalue weighted by molar-refractivity contribution is 7.92. The maximum atomic E-state index is 13.3. The van der Waals surface area contributed by atoms with Crippen molar-refractivity contribution in [2.75, 3.05) is 5.32 Å². The molecule has 178 valence electrons. The van der Waals surface area contributed by atoms with E-state index in [1.807, 2.05) is 0 Å². The van der Waals surface area contributed by atoms with Gasteiger partial charge in [-0.15, -0.1) is 0 Å². The van der Waals surface area contributed by atoms with Gasteiger partial charge in [0, 0.05) is 12.5 Å². The largest absolute Gasteiger partial charge is 0.476 e. The molecule has 0 saturated heterocycles. The van der Waals surface area contributed by atoms with Crippen LogP contribution in [0.3, 0.4) is 0 Å². The first kappa shape index (κ1) is 24.1. The second-order valence-corrected chi connectivity index (χ2v) is 11.3. The number of nitrogens with zero attached hydrogens (tertiary/aromatic N) is 1. The number of ether oxygens (including phenoxy) is 2. The predicted octanol–water partition coefficient (Wildman–Crippen LogP) is 4.56. The first-order valence-corrected chi connectivity index (χ1v) is 12.8. The number of nitrogens with one attached hydrogen (secondary N) is 1. The molecule has 8 nitrogen and oxygen atoms in total. The molecule has 1 aliphatic carbocycles. The SMILES string of the molecule is CC(=O)Oc1nc(NC(=O)C(Oc2ccc(F)cc2)c2ccc(S(=O)(=O)C3CC3)cc2)sc1Cl. The van der Waals surface area contributed by atoms with Gasteiger partial charge in [-0.3, -0.25) is 14.9 Å². The highest BCUT2D eigenvalue weighted by Crippen LogP contribution is 2.36. The van der Waals surface area contributed by atoms with Crippen LogP contribution in [0.5, 0.6) is 11.6 Å². The summed E-state index contributed by atoms with van der Waals surface area (Å²) in [6.07, 6.45) is 0.0335. The Balaban J connectivity index is 1.60. The van der Waals surface area contributed by atoms with Gasteiger partial charge < -0.3 is 9.47 Å². The third-order valence-electron chi connectivity index (χ3n) is 4.81. The van der Waals surface area contributed by atoms with Crippen LogP contribution >= 0.6 is 22.9 Å². The van der Waals surface area contributed by atoms with E-state index < -0.39 is 33.6 Å². The summed E-state index contributed by atoms with van der Waals surface area (Å²) in [5, 5.41) is 2.25. The van der Waals surface area contributed by atoms with Crippen molar-refractivity contribution < 1.29 is 31.9 Å². The van der Waals surface area contributed by atoms with E-state index in [1.165, 1.54) is 55.5 Å². The summed E-state index contributed by atoms with van der Waals surface area (Å²) in [5.41, 5.74) is 0.361. The van der Waals surface area contributed by atoms with Gasteiger partial charge in [-0.2, -0.15) is 4.98 Å². The van der Waals surface area contributed by atoms with Gasteiger partial charge >= 0.3 is 5.97 Å². The van der Waals surface area contributed by atoms with Crippen LogP contribution in [-0.4, -0.2) is 30.5 Å². The summed E-state index contributed by atoms with van der Waals surface area (Å²) in [4.78, 5) is 28.4. The van der Waals surface area contributed by atoms with E-state index in [1.54, 1.807) is 0 Å². The molecule has 12 heteroatoms. The van der Waals surface area contributed by atoms with Crippen LogP contribution in [0.2, 0.25) is 4.34 Å². The molecule has 1 N–H and O–H groups in total. The van der Waals surface area contributed by atoms with Crippen LogP contribution in [0, 0.1) is 5.82 Å². The zero-order valence-corrected chi connectivity index (χ0v) is 20.0. The number of sulfone groups is 1. The number of anilines is 1. The van der Waals surface area contributed by atoms with Gasteiger partial charge in [-0.25, -0.2) is 12.8 Å². The Kier molecular flexibility index (Phi) is 6.87. The normalized spacial score (nSPS) is 14.3. The fourth-order valence-electron chi connectivity index (χ4n) is 3.04. The number of hydrogen-bond donors (Lipinski definition) is 1. The number of rotatable bonds is 8. The number of esters is 1. The van der Waals surface area contributed by atoms with Crippen LogP contribution in [0.4, 0.5) is 9.52 Å². The molecule has 1 unspecified atom stereocenters. The van der Waals surface area contributed by atoms with Gasteiger partial charge in [-0.05, 0) is 49.2 Å². The van der Waals surface area contributed by atoms with Crippen molar-refractivity contribution in [1.82, 2.24) is 4.98 Å². The molecular formula is C22H18ClFN2O6S2. The Hall–Kier alpha value is -3.02. The lowest BCUT2D eigenvalue weighted by Gasteiger charge is -2.19. The Morgan fingerprint density at radius 2 is 1.79 bits per heavy atom. The molecule has 1 aromatic heterocycles. The fraction of sp³-hybridized carbons (Fsp3) is 0.227. The van der Waals surface area contributed by atoms with Crippen molar-refractivity contribution in [2.24, 2.45) is 0 Å². The van der Waals surface area contributed by atoms with Gasteiger partial charge in [0.15, 0.2) is 19.3 Å². The van der Waals surface area contributed by atoms with Crippen molar-refractivity contribution in [3.05, 3.63) is 64.2 Å². The molecule has 0 aliphatic heterocycles. The van der Waals surface area contributed by atoms with Crippen LogP contribution in [-0.2, 0) is 19.4 Å². The number of carbonyl (C=O) groups excluding carboxylic acids is 2. The zero-order valence-electron chi connectivity index (χ0n) is 17.7. The van der Waals surface area contributed by atoms with Crippen molar-refractivity contribution in [2.45, 2.75) is 36.0 Å². The molecule has 0 spiro atoms. The lowest BCUT2D eigenvalue weighted by atomic mass is 10.1. The molecule has 0 radical (unpaired) electrons. The maximum Gasteiger partial charge on any atom is 0.309 e. The summed E-state index contributed by atoms with van der Waals surface area (Å²) in [6, 6.07) is 10.9. The van der Waals surface area contributed by atoms with E-state index in [0.29, 0.717) is 18.4 Å². The van der Waals surface area contributed by atoms with Gasteiger partial charge in [0.1, 0.15) is 11.6 Å². The van der Waals surface area contributed by atoms with Gasteiger partial charge in [0.2, 0.25) is 6.10 Å². The third-order valence-corrected chi connectivity index (χ3v) is 8.22. The van der Waals surface area contributed by atoms with E-state index in [9.17, 15) is 22.4 Å². The highest BCUT2D eigenvalue weighted by atomic mass is 35.5. The minimum absolute atomic E-state index is 0.0619. The van der Waals surface area contributed by atoms with E-state index in [0.717, 1.165) is 11.3 Å². The van der Waals surface area contributed by atoms with Crippen LogP contribution in [0.15, 0.2) is 53.4 Å². The second-order valence-electron chi connectivity index (χ2n) is 7.45. The molecule has 1 saturated carbocycles. The average Bonchev–Trinajstić information content (AvgIpc) is 3.59.